The van der Waals surface area contributed by atoms with Crippen LogP contribution in [-0.4, -0.2) is 31.4 Å². The molecule has 0 spiro atoms. The lowest BCUT2D eigenvalue weighted by Crippen LogP contribution is -2.36. The first-order valence-corrected chi connectivity index (χ1v) is 7.88. The highest BCUT2D eigenvalue weighted by atomic mass is 19.4. The molecule has 0 saturated carbocycles. The molecule has 1 fully saturated rings. The van der Waals surface area contributed by atoms with Crippen molar-refractivity contribution < 1.29 is 22.7 Å². The third-order valence-electron chi connectivity index (χ3n) is 3.96. The molecule has 1 aliphatic heterocycles. The second-order valence-electron chi connectivity index (χ2n) is 5.81. The van der Waals surface area contributed by atoms with Crippen LogP contribution in [0.15, 0.2) is 48.5 Å². The van der Waals surface area contributed by atoms with Gasteiger partial charge in [0.15, 0.2) is 0 Å². The Morgan fingerprint density at radius 3 is 2.16 bits per heavy atom. The van der Waals surface area contributed by atoms with Crippen molar-refractivity contribution in [2.24, 2.45) is 0 Å². The van der Waals surface area contributed by atoms with Gasteiger partial charge in [-0.1, -0.05) is 24.3 Å². The molecule has 1 saturated heterocycles. The van der Waals surface area contributed by atoms with E-state index in [-0.39, 0.29) is 17.7 Å². The summed E-state index contributed by atoms with van der Waals surface area (Å²) < 4.78 is 40.3. The van der Waals surface area contributed by atoms with Crippen LogP contribution in [0, 0.1) is 0 Å². The van der Waals surface area contributed by atoms with Gasteiger partial charge in [-0.15, -0.1) is 13.2 Å². The first-order chi connectivity index (χ1) is 11.9. The van der Waals surface area contributed by atoms with Crippen molar-refractivity contribution in [2.45, 2.75) is 18.8 Å². The van der Waals surface area contributed by atoms with E-state index in [0.717, 1.165) is 30.6 Å². The van der Waals surface area contributed by atoms with Crippen LogP contribution in [0.5, 0.6) is 5.75 Å². The average Bonchev–Trinajstić information content (AvgIpc) is 3.07. The van der Waals surface area contributed by atoms with E-state index >= 15 is 0 Å². The fraction of sp³-hybridized carbons (Fsp3) is 0.278. The predicted molar refractivity (Wildman–Crippen MR) is 87.3 cm³/mol. The van der Waals surface area contributed by atoms with Gasteiger partial charge in [0, 0.05) is 18.2 Å². The summed E-state index contributed by atoms with van der Waals surface area (Å²) in [6.07, 6.45) is -3.79. The van der Waals surface area contributed by atoms with Crippen LogP contribution in [0.4, 0.5) is 13.2 Å². The lowest BCUT2D eigenvalue weighted by molar-refractivity contribution is -0.274. The van der Waals surface area contributed by atoms with Gasteiger partial charge in [0.2, 0.25) is 0 Å². The molecule has 0 aliphatic carbocycles. The van der Waals surface area contributed by atoms with Gasteiger partial charge < -0.3 is 15.4 Å². The Morgan fingerprint density at radius 1 is 1.04 bits per heavy atom. The Morgan fingerprint density at radius 2 is 1.64 bits per heavy atom. The van der Waals surface area contributed by atoms with E-state index < -0.39 is 6.36 Å². The van der Waals surface area contributed by atoms with E-state index in [1.807, 2.05) is 0 Å². The predicted octanol–water partition coefficient (Wildman–Crippen LogP) is 3.34. The van der Waals surface area contributed by atoms with Gasteiger partial charge in [-0.25, -0.2) is 0 Å². The second kappa shape index (κ2) is 7.14. The van der Waals surface area contributed by atoms with E-state index in [1.54, 1.807) is 36.4 Å². The highest BCUT2D eigenvalue weighted by Gasteiger charge is 2.30. The van der Waals surface area contributed by atoms with Gasteiger partial charge in [-0.3, -0.25) is 4.79 Å². The Hall–Kier alpha value is -2.54. The van der Waals surface area contributed by atoms with Crippen LogP contribution in [0.2, 0.25) is 0 Å². The standard InChI is InChI=1S/C18H17F3N2O2/c19-18(20,21)25-16-7-5-13(6-8-16)12-1-3-14(4-2-12)17(24)23-15-9-10-22-11-15/h1-8,15,22H,9-11H2,(H,23,24)/t15-/m0/s1. The number of carbonyl (C=O) groups excluding carboxylic acids is 1. The third kappa shape index (κ3) is 4.73. The van der Waals surface area contributed by atoms with Crippen LogP contribution in [-0.2, 0) is 0 Å². The number of carbonyl (C=O) groups is 1. The first kappa shape index (κ1) is 17.3. The Balaban J connectivity index is 1.66. The molecule has 0 radical (unpaired) electrons. The van der Waals surface area contributed by atoms with Crippen LogP contribution < -0.4 is 15.4 Å². The number of halogens is 3. The fourth-order valence-corrected chi connectivity index (χ4v) is 2.71. The second-order valence-corrected chi connectivity index (χ2v) is 5.81. The molecule has 2 N–H and O–H groups in total. The first-order valence-electron chi connectivity index (χ1n) is 7.88. The molecule has 3 rings (SSSR count). The SMILES string of the molecule is O=C(N[C@H]1CCNC1)c1ccc(-c2ccc(OC(F)(F)F)cc2)cc1. The summed E-state index contributed by atoms with van der Waals surface area (Å²) in [6.45, 7) is 1.67. The molecule has 4 nitrogen and oxygen atoms in total. The summed E-state index contributed by atoms with van der Waals surface area (Å²) in [5.74, 6) is -0.397. The zero-order chi connectivity index (χ0) is 17.9. The van der Waals surface area contributed by atoms with Gasteiger partial charge >= 0.3 is 6.36 Å². The molecule has 2 aromatic rings. The molecule has 7 heteroatoms. The van der Waals surface area contributed by atoms with Crippen LogP contribution in [0.3, 0.4) is 0 Å². The van der Waals surface area contributed by atoms with E-state index in [9.17, 15) is 18.0 Å². The molecule has 132 valence electrons. The highest BCUT2D eigenvalue weighted by Crippen LogP contribution is 2.26. The number of benzene rings is 2. The Kier molecular flexibility index (Phi) is 4.94. The number of rotatable bonds is 4. The summed E-state index contributed by atoms with van der Waals surface area (Å²) in [5, 5.41) is 6.14. The van der Waals surface area contributed by atoms with Crippen molar-refractivity contribution in [2.75, 3.05) is 13.1 Å². The molecule has 0 bridgehead atoms. The van der Waals surface area contributed by atoms with E-state index in [0.29, 0.717) is 5.56 Å². The van der Waals surface area contributed by atoms with Crippen molar-refractivity contribution in [3.63, 3.8) is 0 Å². The summed E-state index contributed by atoms with van der Waals surface area (Å²) >= 11 is 0. The molecule has 1 heterocycles. The maximum atomic E-state index is 12.2. The Bertz CT molecular complexity index is 721. The van der Waals surface area contributed by atoms with Crippen LogP contribution in [0.25, 0.3) is 11.1 Å². The van der Waals surface area contributed by atoms with Crippen molar-refractivity contribution in [1.29, 1.82) is 0 Å². The quantitative estimate of drug-likeness (QED) is 0.889. The number of hydrogen-bond donors (Lipinski definition) is 2. The molecule has 1 amide bonds. The van der Waals surface area contributed by atoms with Gasteiger partial charge in [0.1, 0.15) is 5.75 Å². The van der Waals surface area contributed by atoms with Crippen molar-refractivity contribution in [1.82, 2.24) is 10.6 Å². The minimum absolute atomic E-state index is 0.130. The molecule has 2 aromatic carbocycles. The van der Waals surface area contributed by atoms with Crippen molar-refractivity contribution in [3.05, 3.63) is 54.1 Å². The minimum Gasteiger partial charge on any atom is -0.406 e. The third-order valence-corrected chi connectivity index (χ3v) is 3.96. The monoisotopic (exact) mass is 350 g/mol. The molecule has 1 atom stereocenters. The topological polar surface area (TPSA) is 50.4 Å². The van der Waals surface area contributed by atoms with Crippen LogP contribution >= 0.6 is 0 Å². The largest absolute Gasteiger partial charge is 0.573 e. The van der Waals surface area contributed by atoms with Crippen LogP contribution in [0.1, 0.15) is 16.8 Å². The summed E-state index contributed by atoms with van der Waals surface area (Å²) in [5.41, 5.74) is 2.09. The molecule has 25 heavy (non-hydrogen) atoms. The smallest absolute Gasteiger partial charge is 0.406 e. The molecular weight excluding hydrogens is 333 g/mol. The Labute approximate surface area is 143 Å². The molecule has 0 unspecified atom stereocenters. The van der Waals surface area contributed by atoms with Gasteiger partial charge in [0.25, 0.3) is 5.91 Å². The maximum Gasteiger partial charge on any atom is 0.573 e. The highest BCUT2D eigenvalue weighted by molar-refractivity contribution is 5.94. The molecular formula is C18H17F3N2O2. The van der Waals surface area contributed by atoms with E-state index in [2.05, 4.69) is 15.4 Å². The number of amides is 1. The lowest BCUT2D eigenvalue weighted by atomic mass is 10.0. The fourth-order valence-electron chi connectivity index (χ4n) is 2.71. The number of ether oxygens (including phenoxy) is 1. The summed E-state index contributed by atoms with van der Waals surface area (Å²) in [7, 11) is 0. The zero-order valence-electron chi connectivity index (χ0n) is 13.3. The van der Waals surface area contributed by atoms with Gasteiger partial charge in [-0.05, 0) is 48.4 Å². The average molecular weight is 350 g/mol. The number of alkyl halides is 3. The molecule has 1 aliphatic rings. The van der Waals surface area contributed by atoms with Crippen molar-refractivity contribution in [3.8, 4) is 16.9 Å². The summed E-state index contributed by atoms with van der Waals surface area (Å²) in [4.78, 5) is 12.2. The maximum absolute atomic E-state index is 12.2. The number of hydrogen-bond acceptors (Lipinski definition) is 3. The van der Waals surface area contributed by atoms with E-state index in [1.165, 1.54) is 12.1 Å². The van der Waals surface area contributed by atoms with Gasteiger partial charge in [0.05, 0.1) is 0 Å². The van der Waals surface area contributed by atoms with Gasteiger partial charge in [-0.2, -0.15) is 0 Å². The lowest BCUT2D eigenvalue weighted by Gasteiger charge is -2.12. The normalized spacial score (nSPS) is 17.3. The molecule has 0 aromatic heterocycles. The van der Waals surface area contributed by atoms with E-state index in [4.69, 9.17) is 0 Å². The number of nitrogens with one attached hydrogen (secondary N) is 2. The minimum atomic E-state index is -4.70. The summed E-state index contributed by atoms with van der Waals surface area (Å²) in [6, 6.07) is 12.7. The van der Waals surface area contributed by atoms with Crippen molar-refractivity contribution >= 4 is 5.91 Å². The zero-order valence-corrected chi connectivity index (χ0v) is 13.3.